The summed E-state index contributed by atoms with van der Waals surface area (Å²) in [5.41, 5.74) is 2.84. The van der Waals surface area contributed by atoms with E-state index >= 15 is 0 Å². The van der Waals surface area contributed by atoms with Gasteiger partial charge in [-0.05, 0) is 54.6 Å². The van der Waals surface area contributed by atoms with Crippen LogP contribution < -0.4 is 0 Å². The van der Waals surface area contributed by atoms with E-state index in [-0.39, 0.29) is 11.5 Å². The predicted molar refractivity (Wildman–Crippen MR) is 85.9 cm³/mol. The van der Waals surface area contributed by atoms with Gasteiger partial charge in [0.1, 0.15) is 0 Å². The molecule has 1 nitrogen and oxygen atoms in total. The van der Waals surface area contributed by atoms with Gasteiger partial charge in [0, 0.05) is 0 Å². The van der Waals surface area contributed by atoms with Crippen LogP contribution in [0.4, 0.5) is 0 Å². The lowest BCUT2D eigenvalue weighted by Crippen LogP contribution is -2.35. The Hall–Kier alpha value is -0.820. The second-order valence-electron chi connectivity index (χ2n) is 7.06. The van der Waals surface area contributed by atoms with E-state index in [2.05, 4.69) is 45.0 Å². The van der Waals surface area contributed by atoms with Crippen LogP contribution in [0.25, 0.3) is 0 Å². The average Bonchev–Trinajstić information content (AvgIpc) is 2.88. The summed E-state index contributed by atoms with van der Waals surface area (Å²) in [7, 11) is 0. The van der Waals surface area contributed by atoms with Gasteiger partial charge in [0.15, 0.2) is 0 Å². The van der Waals surface area contributed by atoms with Crippen molar-refractivity contribution in [1.82, 2.24) is 0 Å². The molecule has 0 amide bonds. The molecular formula is C19H30O. The molecule has 1 atom stereocenters. The molecule has 0 radical (unpaired) electrons. The first kappa shape index (κ1) is 15.6. The second-order valence-corrected chi connectivity index (χ2v) is 7.06. The van der Waals surface area contributed by atoms with Crippen LogP contribution in [0.15, 0.2) is 24.3 Å². The Kier molecular flexibility index (Phi) is 5.26. The first-order valence-corrected chi connectivity index (χ1v) is 8.31. The summed E-state index contributed by atoms with van der Waals surface area (Å²) in [4.78, 5) is 0. The zero-order valence-corrected chi connectivity index (χ0v) is 13.4. The summed E-state index contributed by atoms with van der Waals surface area (Å²) in [6, 6.07) is 8.79. The molecule has 20 heavy (non-hydrogen) atoms. The normalized spacial score (nSPS) is 19.4. The van der Waals surface area contributed by atoms with E-state index in [0.29, 0.717) is 5.92 Å². The van der Waals surface area contributed by atoms with E-state index in [1.807, 2.05) is 0 Å². The topological polar surface area (TPSA) is 20.2 Å². The number of hydrogen-bond donors (Lipinski definition) is 1. The Morgan fingerprint density at radius 1 is 1.05 bits per heavy atom. The minimum Gasteiger partial charge on any atom is -0.392 e. The number of rotatable bonds is 6. The molecule has 1 unspecified atom stereocenters. The molecule has 1 aliphatic rings. The number of aliphatic hydroxyl groups excluding tert-OH is 1. The van der Waals surface area contributed by atoms with Crippen molar-refractivity contribution >= 4 is 0 Å². The molecule has 0 aromatic heterocycles. The molecule has 1 aliphatic carbocycles. The summed E-state index contributed by atoms with van der Waals surface area (Å²) in [5, 5.41) is 10.8. The average molecular weight is 274 g/mol. The van der Waals surface area contributed by atoms with E-state index in [1.54, 1.807) is 0 Å². The maximum atomic E-state index is 10.8. The van der Waals surface area contributed by atoms with Gasteiger partial charge in [-0.25, -0.2) is 0 Å². The number of hydrogen-bond acceptors (Lipinski definition) is 1. The maximum absolute atomic E-state index is 10.8. The Morgan fingerprint density at radius 2 is 1.60 bits per heavy atom. The van der Waals surface area contributed by atoms with Crippen LogP contribution in [0.1, 0.15) is 64.0 Å². The lowest BCUT2D eigenvalue weighted by molar-refractivity contribution is 0.0134. The van der Waals surface area contributed by atoms with E-state index < -0.39 is 0 Å². The van der Waals surface area contributed by atoms with E-state index in [4.69, 9.17) is 0 Å². The lowest BCUT2D eigenvalue weighted by Gasteiger charge is -2.36. The van der Waals surface area contributed by atoms with Gasteiger partial charge in [0.2, 0.25) is 0 Å². The van der Waals surface area contributed by atoms with Crippen molar-refractivity contribution in [3.63, 3.8) is 0 Å². The molecule has 1 aromatic carbocycles. The Bertz CT molecular complexity index is 398. The Labute approximate surface area is 124 Å². The highest BCUT2D eigenvalue weighted by Gasteiger charge is 2.40. The van der Waals surface area contributed by atoms with Crippen LogP contribution in [0.5, 0.6) is 0 Å². The second kappa shape index (κ2) is 6.76. The molecule has 0 saturated heterocycles. The van der Waals surface area contributed by atoms with Gasteiger partial charge in [-0.3, -0.25) is 0 Å². The maximum Gasteiger partial charge on any atom is 0.0636 e. The molecule has 2 rings (SSSR count). The monoisotopic (exact) mass is 274 g/mol. The van der Waals surface area contributed by atoms with Gasteiger partial charge in [-0.2, -0.15) is 0 Å². The third kappa shape index (κ3) is 3.63. The fourth-order valence-corrected chi connectivity index (χ4v) is 3.92. The highest BCUT2D eigenvalue weighted by molar-refractivity contribution is 5.23. The van der Waals surface area contributed by atoms with Crippen molar-refractivity contribution < 1.29 is 5.11 Å². The van der Waals surface area contributed by atoms with Crippen molar-refractivity contribution in [1.29, 1.82) is 0 Å². The van der Waals surface area contributed by atoms with E-state index in [9.17, 15) is 5.11 Å². The van der Waals surface area contributed by atoms with Crippen LogP contribution >= 0.6 is 0 Å². The van der Waals surface area contributed by atoms with E-state index in [0.717, 1.165) is 12.8 Å². The summed E-state index contributed by atoms with van der Waals surface area (Å²) >= 11 is 0. The van der Waals surface area contributed by atoms with Crippen LogP contribution in [0.2, 0.25) is 0 Å². The van der Waals surface area contributed by atoms with Gasteiger partial charge in [0.05, 0.1) is 6.10 Å². The minimum absolute atomic E-state index is 0.178. The Morgan fingerprint density at radius 3 is 2.10 bits per heavy atom. The molecule has 0 bridgehead atoms. The van der Waals surface area contributed by atoms with Crippen LogP contribution in [0, 0.1) is 11.3 Å². The van der Waals surface area contributed by atoms with Gasteiger partial charge in [-0.1, -0.05) is 57.9 Å². The molecule has 0 heterocycles. The summed E-state index contributed by atoms with van der Waals surface area (Å²) in [5.74, 6) is 0.671. The summed E-state index contributed by atoms with van der Waals surface area (Å²) < 4.78 is 0. The summed E-state index contributed by atoms with van der Waals surface area (Å²) in [6.45, 7) is 6.74. The smallest absolute Gasteiger partial charge is 0.0636 e. The van der Waals surface area contributed by atoms with Gasteiger partial charge in [0.25, 0.3) is 0 Å². The minimum atomic E-state index is -0.181. The molecule has 1 heteroatoms. The van der Waals surface area contributed by atoms with Crippen LogP contribution in [-0.4, -0.2) is 11.2 Å². The fourth-order valence-electron chi connectivity index (χ4n) is 3.92. The van der Waals surface area contributed by atoms with E-state index in [1.165, 1.54) is 43.2 Å². The predicted octanol–water partition coefficient (Wildman–Crippen LogP) is 4.76. The molecule has 1 fully saturated rings. The SMILES string of the molecule is CCc1ccc(CC(O)C2(CC(C)C)CCCC2)cc1. The highest BCUT2D eigenvalue weighted by Crippen LogP contribution is 2.46. The first-order chi connectivity index (χ1) is 9.55. The molecular weight excluding hydrogens is 244 g/mol. The standard InChI is InChI=1S/C19H30O/c1-4-16-7-9-17(10-8-16)13-18(20)19(14-15(2)3)11-5-6-12-19/h7-10,15,18,20H,4-6,11-14H2,1-3H3. The molecule has 1 N–H and O–H groups in total. The van der Waals surface area contributed by atoms with Crippen LogP contribution in [-0.2, 0) is 12.8 Å². The number of aryl methyl sites for hydroxylation is 1. The van der Waals surface area contributed by atoms with Crippen molar-refractivity contribution in [3.05, 3.63) is 35.4 Å². The molecule has 112 valence electrons. The Balaban J connectivity index is 2.05. The van der Waals surface area contributed by atoms with Gasteiger partial charge in [-0.15, -0.1) is 0 Å². The molecule has 1 saturated carbocycles. The fraction of sp³-hybridized carbons (Fsp3) is 0.684. The first-order valence-electron chi connectivity index (χ1n) is 8.31. The van der Waals surface area contributed by atoms with Crippen molar-refractivity contribution in [2.24, 2.45) is 11.3 Å². The van der Waals surface area contributed by atoms with Crippen molar-refractivity contribution in [2.75, 3.05) is 0 Å². The van der Waals surface area contributed by atoms with Crippen molar-refractivity contribution in [3.8, 4) is 0 Å². The molecule has 0 aliphatic heterocycles. The number of benzene rings is 1. The highest BCUT2D eigenvalue weighted by atomic mass is 16.3. The molecule has 1 aromatic rings. The third-order valence-electron chi connectivity index (χ3n) is 4.98. The lowest BCUT2D eigenvalue weighted by atomic mass is 9.72. The molecule has 0 spiro atoms. The third-order valence-corrected chi connectivity index (χ3v) is 4.98. The zero-order chi connectivity index (χ0) is 14.6. The largest absolute Gasteiger partial charge is 0.392 e. The number of aliphatic hydroxyl groups is 1. The van der Waals surface area contributed by atoms with Gasteiger partial charge >= 0.3 is 0 Å². The van der Waals surface area contributed by atoms with Crippen LogP contribution in [0.3, 0.4) is 0 Å². The summed E-state index contributed by atoms with van der Waals surface area (Å²) in [6.07, 6.45) is 7.88. The quantitative estimate of drug-likeness (QED) is 0.793. The van der Waals surface area contributed by atoms with Gasteiger partial charge < -0.3 is 5.11 Å². The van der Waals surface area contributed by atoms with Crippen molar-refractivity contribution in [2.45, 2.75) is 71.8 Å². The zero-order valence-electron chi connectivity index (χ0n) is 13.4.